The Bertz CT molecular complexity index is 416. The molecule has 2 heterocycles. The highest BCUT2D eigenvalue weighted by Crippen LogP contribution is 2.28. The van der Waals surface area contributed by atoms with E-state index < -0.39 is 5.54 Å². The van der Waals surface area contributed by atoms with Crippen LogP contribution in [0.25, 0.3) is 0 Å². The molecule has 1 aliphatic rings. The lowest BCUT2D eigenvalue weighted by atomic mass is 9.94. The van der Waals surface area contributed by atoms with Crippen LogP contribution in [0, 0.1) is 0 Å². The predicted molar refractivity (Wildman–Crippen MR) is 72.7 cm³/mol. The standard InChI is InChI=1S/C14H21N3O2/c1-14(13(18)19-2,12-6-3-4-8-16-12)17-10-5-7-15-9-11-17/h3-4,6,8,15H,5,7,9-11H2,1-2H3. The molecule has 1 N–H and O–H groups in total. The molecule has 1 aromatic heterocycles. The maximum Gasteiger partial charge on any atom is 0.332 e. The number of methoxy groups -OCH3 is 1. The first kappa shape index (κ1) is 14.0. The summed E-state index contributed by atoms with van der Waals surface area (Å²) >= 11 is 0. The molecule has 104 valence electrons. The Morgan fingerprint density at radius 1 is 1.42 bits per heavy atom. The van der Waals surface area contributed by atoms with Gasteiger partial charge >= 0.3 is 5.97 Å². The number of hydrogen-bond acceptors (Lipinski definition) is 5. The first-order valence-electron chi connectivity index (χ1n) is 6.65. The second kappa shape index (κ2) is 6.12. The van der Waals surface area contributed by atoms with Crippen LogP contribution in [0.1, 0.15) is 19.0 Å². The van der Waals surface area contributed by atoms with Gasteiger partial charge in [-0.3, -0.25) is 9.88 Å². The zero-order valence-electron chi connectivity index (χ0n) is 11.6. The second-order valence-electron chi connectivity index (χ2n) is 4.87. The number of nitrogens with zero attached hydrogens (tertiary/aromatic N) is 2. The van der Waals surface area contributed by atoms with Crippen molar-refractivity contribution >= 4 is 5.97 Å². The zero-order chi connectivity index (χ0) is 13.7. The summed E-state index contributed by atoms with van der Waals surface area (Å²) in [5.41, 5.74) is -0.0778. The highest BCUT2D eigenvalue weighted by atomic mass is 16.5. The van der Waals surface area contributed by atoms with Crippen molar-refractivity contribution < 1.29 is 9.53 Å². The minimum Gasteiger partial charge on any atom is -0.467 e. The lowest BCUT2D eigenvalue weighted by Gasteiger charge is -2.37. The van der Waals surface area contributed by atoms with E-state index in [0.717, 1.165) is 38.3 Å². The first-order chi connectivity index (χ1) is 9.19. The monoisotopic (exact) mass is 263 g/mol. The summed E-state index contributed by atoms with van der Waals surface area (Å²) in [6.07, 6.45) is 2.73. The summed E-state index contributed by atoms with van der Waals surface area (Å²) in [5, 5.41) is 3.34. The van der Waals surface area contributed by atoms with Crippen LogP contribution in [0.5, 0.6) is 0 Å². The summed E-state index contributed by atoms with van der Waals surface area (Å²) in [6, 6.07) is 5.64. The van der Waals surface area contributed by atoms with E-state index in [-0.39, 0.29) is 5.97 Å². The molecule has 1 unspecified atom stereocenters. The van der Waals surface area contributed by atoms with Gasteiger partial charge in [-0.1, -0.05) is 6.07 Å². The maximum atomic E-state index is 12.3. The minimum absolute atomic E-state index is 0.256. The van der Waals surface area contributed by atoms with Crippen LogP contribution in [-0.4, -0.2) is 49.1 Å². The Balaban J connectivity index is 2.36. The SMILES string of the molecule is COC(=O)C(C)(c1ccccn1)N1CCCNCC1. The van der Waals surface area contributed by atoms with Crippen LogP contribution >= 0.6 is 0 Å². The van der Waals surface area contributed by atoms with Crippen LogP contribution in [-0.2, 0) is 15.1 Å². The van der Waals surface area contributed by atoms with Gasteiger partial charge in [0.15, 0.2) is 5.54 Å². The van der Waals surface area contributed by atoms with Crippen LogP contribution in [0.4, 0.5) is 0 Å². The van der Waals surface area contributed by atoms with Gasteiger partial charge in [0, 0.05) is 25.8 Å². The van der Waals surface area contributed by atoms with Crippen molar-refractivity contribution in [1.29, 1.82) is 0 Å². The molecule has 1 aliphatic heterocycles. The number of carbonyl (C=O) groups excluding carboxylic acids is 1. The third-order valence-electron chi connectivity index (χ3n) is 3.72. The lowest BCUT2D eigenvalue weighted by molar-refractivity contribution is -0.155. The van der Waals surface area contributed by atoms with Gasteiger partial charge in [0.25, 0.3) is 0 Å². The van der Waals surface area contributed by atoms with E-state index in [4.69, 9.17) is 4.74 Å². The number of rotatable bonds is 3. The molecule has 0 radical (unpaired) electrons. The molecule has 1 fully saturated rings. The highest BCUT2D eigenvalue weighted by molar-refractivity contribution is 5.81. The molecular formula is C14H21N3O2. The second-order valence-corrected chi connectivity index (χ2v) is 4.87. The van der Waals surface area contributed by atoms with Gasteiger partial charge in [0.05, 0.1) is 12.8 Å². The molecule has 1 aromatic rings. The molecule has 1 atom stereocenters. The third kappa shape index (κ3) is 2.77. The fourth-order valence-electron chi connectivity index (χ4n) is 2.54. The molecule has 1 saturated heterocycles. The summed E-state index contributed by atoms with van der Waals surface area (Å²) in [4.78, 5) is 18.8. The molecule has 2 rings (SSSR count). The van der Waals surface area contributed by atoms with Crippen molar-refractivity contribution in [1.82, 2.24) is 15.2 Å². The lowest BCUT2D eigenvalue weighted by Crippen LogP contribution is -2.52. The predicted octanol–water partition coefficient (Wildman–Crippen LogP) is 0.765. The van der Waals surface area contributed by atoms with Crippen molar-refractivity contribution in [3.8, 4) is 0 Å². The van der Waals surface area contributed by atoms with Crippen molar-refractivity contribution in [2.45, 2.75) is 18.9 Å². The van der Waals surface area contributed by atoms with Crippen molar-refractivity contribution in [3.05, 3.63) is 30.1 Å². The summed E-state index contributed by atoms with van der Waals surface area (Å²) in [5.74, 6) is -0.256. The molecule has 0 spiro atoms. The van der Waals surface area contributed by atoms with E-state index in [2.05, 4.69) is 15.2 Å². The minimum atomic E-state index is -0.817. The average molecular weight is 263 g/mol. The maximum absolute atomic E-state index is 12.3. The summed E-state index contributed by atoms with van der Waals surface area (Å²) < 4.78 is 5.02. The number of carbonyl (C=O) groups is 1. The molecular weight excluding hydrogens is 242 g/mol. The number of aromatic nitrogens is 1. The molecule has 0 aromatic carbocycles. The Hall–Kier alpha value is -1.46. The van der Waals surface area contributed by atoms with E-state index in [0.29, 0.717) is 0 Å². The van der Waals surface area contributed by atoms with Gasteiger partial charge in [0.1, 0.15) is 0 Å². The van der Waals surface area contributed by atoms with E-state index in [1.165, 1.54) is 7.11 Å². The van der Waals surface area contributed by atoms with Gasteiger partial charge in [-0.2, -0.15) is 0 Å². The third-order valence-corrected chi connectivity index (χ3v) is 3.72. The van der Waals surface area contributed by atoms with Gasteiger partial charge in [-0.25, -0.2) is 4.79 Å². The smallest absolute Gasteiger partial charge is 0.332 e. The fourth-order valence-corrected chi connectivity index (χ4v) is 2.54. The van der Waals surface area contributed by atoms with E-state index in [1.807, 2.05) is 25.1 Å². The zero-order valence-corrected chi connectivity index (χ0v) is 11.6. The quantitative estimate of drug-likeness (QED) is 0.816. The van der Waals surface area contributed by atoms with Gasteiger partial charge in [0.2, 0.25) is 0 Å². The van der Waals surface area contributed by atoms with E-state index in [9.17, 15) is 4.79 Å². The molecule has 19 heavy (non-hydrogen) atoms. The van der Waals surface area contributed by atoms with Crippen LogP contribution in [0.2, 0.25) is 0 Å². The first-order valence-corrected chi connectivity index (χ1v) is 6.65. The van der Waals surface area contributed by atoms with Gasteiger partial charge in [-0.15, -0.1) is 0 Å². The van der Waals surface area contributed by atoms with Crippen molar-refractivity contribution in [2.75, 3.05) is 33.3 Å². The van der Waals surface area contributed by atoms with Crippen molar-refractivity contribution in [2.24, 2.45) is 0 Å². The van der Waals surface area contributed by atoms with Gasteiger partial charge in [-0.05, 0) is 32.0 Å². The van der Waals surface area contributed by atoms with Crippen molar-refractivity contribution in [3.63, 3.8) is 0 Å². The number of pyridine rings is 1. The highest BCUT2D eigenvalue weighted by Gasteiger charge is 2.43. The van der Waals surface area contributed by atoms with E-state index in [1.54, 1.807) is 6.20 Å². The summed E-state index contributed by atoms with van der Waals surface area (Å²) in [6.45, 7) is 5.42. The fraction of sp³-hybridized carbons (Fsp3) is 0.571. The largest absolute Gasteiger partial charge is 0.467 e. The Morgan fingerprint density at radius 2 is 2.26 bits per heavy atom. The number of hydrogen-bond donors (Lipinski definition) is 1. The molecule has 0 saturated carbocycles. The average Bonchev–Trinajstić information content (AvgIpc) is 2.76. The van der Waals surface area contributed by atoms with E-state index >= 15 is 0 Å². The Kier molecular flexibility index (Phi) is 4.50. The number of ether oxygens (including phenoxy) is 1. The molecule has 0 aliphatic carbocycles. The molecule has 5 nitrogen and oxygen atoms in total. The van der Waals surface area contributed by atoms with Crippen LogP contribution in [0.3, 0.4) is 0 Å². The van der Waals surface area contributed by atoms with Gasteiger partial charge < -0.3 is 10.1 Å². The number of esters is 1. The normalized spacial score (nSPS) is 20.3. The van der Waals surface area contributed by atoms with Crippen LogP contribution < -0.4 is 5.32 Å². The Morgan fingerprint density at radius 3 is 2.95 bits per heavy atom. The molecule has 0 bridgehead atoms. The summed E-state index contributed by atoms with van der Waals surface area (Å²) in [7, 11) is 1.43. The Labute approximate surface area is 114 Å². The molecule has 0 amide bonds. The van der Waals surface area contributed by atoms with Crippen LogP contribution in [0.15, 0.2) is 24.4 Å². The molecule has 5 heteroatoms. The number of nitrogens with one attached hydrogen (secondary N) is 1. The topological polar surface area (TPSA) is 54.5 Å².